The summed E-state index contributed by atoms with van der Waals surface area (Å²) in [5.74, 6) is 1.28. The van der Waals surface area contributed by atoms with Crippen LogP contribution in [0.2, 0.25) is 0 Å². The zero-order chi connectivity index (χ0) is 17.6. The highest BCUT2D eigenvalue weighted by molar-refractivity contribution is 5.92. The van der Waals surface area contributed by atoms with Crippen LogP contribution in [0.5, 0.6) is 5.75 Å². The zero-order valence-corrected chi connectivity index (χ0v) is 14.0. The average molecular weight is 341 g/mol. The van der Waals surface area contributed by atoms with Gasteiger partial charge in [0.15, 0.2) is 11.5 Å². The van der Waals surface area contributed by atoms with Gasteiger partial charge in [-0.1, -0.05) is 19.0 Å². The van der Waals surface area contributed by atoms with E-state index in [1.54, 1.807) is 17.1 Å². The lowest BCUT2D eigenvalue weighted by molar-refractivity contribution is 0.0939. The van der Waals surface area contributed by atoms with Crippen LogP contribution in [0, 0.1) is 5.92 Å². The molecule has 0 fully saturated rings. The van der Waals surface area contributed by atoms with Gasteiger partial charge in [0.05, 0.1) is 5.69 Å². The van der Waals surface area contributed by atoms with Gasteiger partial charge in [0.2, 0.25) is 0 Å². The highest BCUT2D eigenvalue weighted by Crippen LogP contribution is 2.16. The molecule has 0 saturated heterocycles. The third-order valence-electron chi connectivity index (χ3n) is 3.36. The van der Waals surface area contributed by atoms with E-state index in [9.17, 15) is 4.79 Å². The molecular weight excluding hydrogens is 322 g/mol. The second kappa shape index (κ2) is 7.61. The first-order chi connectivity index (χ1) is 12.1. The molecule has 8 nitrogen and oxygen atoms in total. The first kappa shape index (κ1) is 16.7. The Morgan fingerprint density at radius 1 is 1.32 bits per heavy atom. The van der Waals surface area contributed by atoms with Crippen LogP contribution in [0.3, 0.4) is 0 Å². The summed E-state index contributed by atoms with van der Waals surface area (Å²) in [7, 11) is 0. The predicted molar refractivity (Wildman–Crippen MR) is 89.4 cm³/mol. The lowest BCUT2D eigenvalue weighted by Crippen LogP contribution is -2.27. The number of aromatic nitrogens is 4. The molecule has 0 aliphatic heterocycles. The molecule has 1 N–H and O–H groups in total. The minimum atomic E-state index is -0.249. The van der Waals surface area contributed by atoms with Gasteiger partial charge in [0.25, 0.3) is 5.91 Å². The molecule has 1 aromatic carbocycles. The smallest absolute Gasteiger partial charge is 0.273 e. The quantitative estimate of drug-likeness (QED) is 0.708. The Morgan fingerprint density at radius 2 is 2.12 bits per heavy atom. The third-order valence-corrected chi connectivity index (χ3v) is 3.36. The Hall–Kier alpha value is -3.16. The summed E-state index contributed by atoms with van der Waals surface area (Å²) in [5.41, 5.74) is 1.13. The molecule has 130 valence electrons. The number of nitrogens with one attached hydrogen (secondary N) is 1. The first-order valence-corrected chi connectivity index (χ1v) is 7.93. The van der Waals surface area contributed by atoms with Gasteiger partial charge in [-0.05, 0) is 30.2 Å². The molecule has 3 aromatic rings. The van der Waals surface area contributed by atoms with Crippen LogP contribution < -0.4 is 10.1 Å². The number of rotatable bonds is 7. The lowest BCUT2D eigenvalue weighted by Gasteiger charge is -2.05. The topological polar surface area (TPSA) is 95.1 Å². The molecule has 0 spiro atoms. The van der Waals surface area contributed by atoms with Crippen molar-refractivity contribution in [3.63, 3.8) is 0 Å². The minimum absolute atomic E-state index is 0.188. The SMILES string of the molecule is CC(C)CNC(=O)c1cc(COc2ccc(-n3cncn3)cc2)on1. The number of amides is 1. The molecule has 8 heteroatoms. The molecule has 1 amide bonds. The Bertz CT molecular complexity index is 809. The molecule has 0 radical (unpaired) electrons. The molecule has 0 saturated carbocycles. The van der Waals surface area contributed by atoms with E-state index in [-0.39, 0.29) is 18.2 Å². The van der Waals surface area contributed by atoms with E-state index >= 15 is 0 Å². The standard InChI is InChI=1S/C17H19N5O3/c1-12(2)8-19-17(23)16-7-15(25-21-16)9-24-14-5-3-13(4-6-14)22-11-18-10-20-22/h3-7,10-12H,8-9H2,1-2H3,(H,19,23). The Kier molecular flexibility index (Phi) is 5.08. The van der Waals surface area contributed by atoms with Crippen molar-refractivity contribution in [1.29, 1.82) is 0 Å². The van der Waals surface area contributed by atoms with Crippen LogP contribution in [-0.4, -0.2) is 32.4 Å². The molecule has 3 rings (SSSR count). The van der Waals surface area contributed by atoms with Gasteiger partial charge in [0, 0.05) is 12.6 Å². The van der Waals surface area contributed by atoms with E-state index in [1.807, 2.05) is 38.1 Å². The fourth-order valence-corrected chi connectivity index (χ4v) is 2.07. The summed E-state index contributed by atoms with van der Waals surface area (Å²) in [6.45, 7) is 4.83. The maximum atomic E-state index is 11.9. The van der Waals surface area contributed by atoms with Crippen LogP contribution in [-0.2, 0) is 6.61 Å². The minimum Gasteiger partial charge on any atom is -0.486 e. The predicted octanol–water partition coefficient (Wildman–Crippen LogP) is 2.22. The highest BCUT2D eigenvalue weighted by atomic mass is 16.5. The fraction of sp³-hybridized carbons (Fsp3) is 0.294. The molecule has 0 aliphatic rings. The van der Waals surface area contributed by atoms with Crippen LogP contribution in [0.4, 0.5) is 0 Å². The molecule has 25 heavy (non-hydrogen) atoms. The Morgan fingerprint density at radius 3 is 2.80 bits per heavy atom. The van der Waals surface area contributed by atoms with Crippen molar-refractivity contribution >= 4 is 5.91 Å². The second-order valence-corrected chi connectivity index (χ2v) is 5.90. The van der Waals surface area contributed by atoms with Gasteiger partial charge in [-0.15, -0.1) is 0 Å². The third kappa shape index (κ3) is 4.43. The lowest BCUT2D eigenvalue weighted by atomic mass is 10.2. The number of hydrogen-bond acceptors (Lipinski definition) is 6. The second-order valence-electron chi connectivity index (χ2n) is 5.90. The largest absolute Gasteiger partial charge is 0.486 e. The van der Waals surface area contributed by atoms with Gasteiger partial charge in [-0.2, -0.15) is 5.10 Å². The molecule has 0 aliphatic carbocycles. The Labute approximate surface area is 144 Å². The van der Waals surface area contributed by atoms with Gasteiger partial charge in [-0.3, -0.25) is 4.79 Å². The average Bonchev–Trinajstić information content (AvgIpc) is 3.30. The molecule has 2 heterocycles. The first-order valence-electron chi connectivity index (χ1n) is 7.93. The van der Waals surface area contributed by atoms with Crippen molar-refractivity contribution in [3.05, 3.63) is 54.4 Å². The summed E-state index contributed by atoms with van der Waals surface area (Å²) in [6.07, 6.45) is 3.10. The number of carbonyl (C=O) groups excluding carboxylic acids is 1. The van der Waals surface area contributed by atoms with Crippen molar-refractivity contribution < 1.29 is 14.1 Å². The van der Waals surface area contributed by atoms with Crippen LogP contribution in [0.15, 0.2) is 47.5 Å². The van der Waals surface area contributed by atoms with E-state index in [2.05, 4.69) is 20.6 Å². The molecule has 2 aromatic heterocycles. The van der Waals surface area contributed by atoms with E-state index in [4.69, 9.17) is 9.26 Å². The van der Waals surface area contributed by atoms with Crippen LogP contribution in [0.1, 0.15) is 30.1 Å². The normalized spacial score (nSPS) is 10.8. The monoisotopic (exact) mass is 341 g/mol. The van der Waals surface area contributed by atoms with Gasteiger partial charge in [0.1, 0.15) is 25.0 Å². The molecular formula is C17H19N5O3. The zero-order valence-electron chi connectivity index (χ0n) is 14.0. The molecule has 0 unspecified atom stereocenters. The maximum Gasteiger partial charge on any atom is 0.273 e. The van der Waals surface area contributed by atoms with Gasteiger partial charge in [-0.25, -0.2) is 9.67 Å². The summed E-state index contributed by atoms with van der Waals surface area (Å²) < 4.78 is 12.4. The van der Waals surface area contributed by atoms with Crippen LogP contribution >= 0.6 is 0 Å². The highest BCUT2D eigenvalue weighted by Gasteiger charge is 2.13. The van der Waals surface area contributed by atoms with Crippen molar-refractivity contribution in [3.8, 4) is 11.4 Å². The fourth-order valence-electron chi connectivity index (χ4n) is 2.07. The number of hydrogen-bond donors (Lipinski definition) is 1. The van der Waals surface area contributed by atoms with Gasteiger partial charge < -0.3 is 14.6 Å². The number of benzene rings is 1. The van der Waals surface area contributed by atoms with E-state index < -0.39 is 0 Å². The summed E-state index contributed by atoms with van der Waals surface area (Å²) in [6, 6.07) is 8.97. The van der Waals surface area contributed by atoms with E-state index in [0.717, 1.165) is 5.69 Å². The van der Waals surface area contributed by atoms with Crippen LogP contribution in [0.25, 0.3) is 5.69 Å². The summed E-state index contributed by atoms with van der Waals surface area (Å²) in [4.78, 5) is 15.8. The van der Waals surface area contributed by atoms with Crippen molar-refractivity contribution in [1.82, 2.24) is 25.2 Å². The van der Waals surface area contributed by atoms with Crippen molar-refractivity contribution in [2.75, 3.05) is 6.54 Å². The van der Waals surface area contributed by atoms with Gasteiger partial charge >= 0.3 is 0 Å². The van der Waals surface area contributed by atoms with Crippen molar-refractivity contribution in [2.45, 2.75) is 20.5 Å². The molecule has 0 atom stereocenters. The molecule has 0 bridgehead atoms. The van der Waals surface area contributed by atoms with E-state index in [0.29, 0.717) is 24.0 Å². The summed E-state index contributed by atoms with van der Waals surface area (Å²) in [5, 5.41) is 10.6. The summed E-state index contributed by atoms with van der Waals surface area (Å²) >= 11 is 0. The van der Waals surface area contributed by atoms with E-state index in [1.165, 1.54) is 6.33 Å². The maximum absolute atomic E-state index is 11.9. The number of ether oxygens (including phenoxy) is 1. The number of nitrogens with zero attached hydrogens (tertiary/aromatic N) is 4. The number of carbonyl (C=O) groups is 1. The van der Waals surface area contributed by atoms with Crippen molar-refractivity contribution in [2.24, 2.45) is 5.92 Å². The Balaban J connectivity index is 1.54.